The Balaban J connectivity index is 1.54. The van der Waals surface area contributed by atoms with Crippen LogP contribution in [0, 0.1) is 0 Å². The molecule has 0 saturated heterocycles. The average molecular weight is 675 g/mol. The molecule has 3 aromatic rings. The molecule has 2 amide bonds. The largest absolute Gasteiger partial charge is 0.486 e. The van der Waals surface area contributed by atoms with E-state index >= 15 is 0 Å². The minimum Gasteiger partial charge on any atom is -0.486 e. The van der Waals surface area contributed by atoms with E-state index in [1.807, 2.05) is 30.3 Å². The number of nitrogens with one attached hydrogen (secondary N) is 1. The van der Waals surface area contributed by atoms with Crippen LogP contribution in [0.2, 0.25) is 10.0 Å². The summed E-state index contributed by atoms with van der Waals surface area (Å²) in [6.45, 7) is 1.65. The van der Waals surface area contributed by atoms with Crippen LogP contribution in [0.4, 0.5) is 5.69 Å². The normalized spacial score (nSPS) is 15.4. The second kappa shape index (κ2) is 14.7. The van der Waals surface area contributed by atoms with E-state index < -0.39 is 28.5 Å². The first-order valence-electron chi connectivity index (χ1n) is 15.1. The number of benzene rings is 3. The highest BCUT2D eigenvalue weighted by Gasteiger charge is 2.35. The van der Waals surface area contributed by atoms with Gasteiger partial charge in [0.15, 0.2) is 11.5 Å². The van der Waals surface area contributed by atoms with Gasteiger partial charge in [0.25, 0.3) is 0 Å². The van der Waals surface area contributed by atoms with Gasteiger partial charge < -0.3 is 19.7 Å². The molecule has 0 spiro atoms. The van der Waals surface area contributed by atoms with Crippen LogP contribution in [-0.4, -0.2) is 62.7 Å². The number of hydrogen-bond donors (Lipinski definition) is 1. The van der Waals surface area contributed by atoms with E-state index in [9.17, 15) is 18.0 Å². The highest BCUT2D eigenvalue weighted by atomic mass is 35.5. The monoisotopic (exact) mass is 673 g/mol. The van der Waals surface area contributed by atoms with Crippen molar-refractivity contribution in [1.82, 2.24) is 10.2 Å². The minimum absolute atomic E-state index is 0.0153. The van der Waals surface area contributed by atoms with Crippen molar-refractivity contribution in [3.63, 3.8) is 0 Å². The molecule has 1 N–H and O–H groups in total. The summed E-state index contributed by atoms with van der Waals surface area (Å²) < 4.78 is 39.3. The maximum Gasteiger partial charge on any atom is 0.244 e. The number of ether oxygens (including phenoxy) is 2. The maximum absolute atomic E-state index is 14.4. The number of carbonyl (C=O) groups is 2. The third-order valence-corrected chi connectivity index (χ3v) is 10.4. The smallest absolute Gasteiger partial charge is 0.244 e. The molecule has 9 nitrogen and oxygen atoms in total. The van der Waals surface area contributed by atoms with Gasteiger partial charge in [-0.2, -0.15) is 0 Å². The van der Waals surface area contributed by atoms with Crippen LogP contribution in [0.25, 0.3) is 0 Å². The zero-order valence-electron chi connectivity index (χ0n) is 25.1. The molecule has 0 aromatic heterocycles. The van der Waals surface area contributed by atoms with Crippen molar-refractivity contribution in [2.24, 2.45) is 0 Å². The van der Waals surface area contributed by atoms with Crippen LogP contribution in [0.15, 0.2) is 66.7 Å². The highest BCUT2D eigenvalue weighted by molar-refractivity contribution is 7.92. The maximum atomic E-state index is 14.4. The van der Waals surface area contributed by atoms with Gasteiger partial charge >= 0.3 is 0 Å². The summed E-state index contributed by atoms with van der Waals surface area (Å²) in [5.74, 6) is -0.211. The van der Waals surface area contributed by atoms with Gasteiger partial charge in [0.1, 0.15) is 25.8 Å². The molecule has 12 heteroatoms. The molecule has 1 unspecified atom stereocenters. The minimum atomic E-state index is -3.93. The van der Waals surface area contributed by atoms with Gasteiger partial charge in [0.2, 0.25) is 21.8 Å². The van der Waals surface area contributed by atoms with Crippen LogP contribution in [0.3, 0.4) is 0 Å². The van der Waals surface area contributed by atoms with Gasteiger partial charge in [0, 0.05) is 35.1 Å². The van der Waals surface area contributed by atoms with E-state index in [2.05, 4.69) is 5.32 Å². The fourth-order valence-corrected chi connectivity index (χ4v) is 7.18. The van der Waals surface area contributed by atoms with Crippen molar-refractivity contribution in [1.29, 1.82) is 0 Å². The molecule has 1 aliphatic carbocycles. The molecule has 1 fully saturated rings. The van der Waals surface area contributed by atoms with Gasteiger partial charge in [-0.05, 0) is 55.2 Å². The zero-order valence-corrected chi connectivity index (χ0v) is 27.4. The predicted molar refractivity (Wildman–Crippen MR) is 176 cm³/mol. The van der Waals surface area contributed by atoms with Crippen molar-refractivity contribution in [2.45, 2.75) is 57.7 Å². The molecular formula is C33H37Cl2N3O6S. The number of hydrogen-bond acceptors (Lipinski definition) is 6. The molecule has 1 saturated carbocycles. The Kier molecular flexibility index (Phi) is 10.8. The summed E-state index contributed by atoms with van der Waals surface area (Å²) in [5, 5.41) is 3.92. The van der Waals surface area contributed by atoms with Gasteiger partial charge in [-0.3, -0.25) is 13.9 Å². The molecule has 2 aliphatic rings. The fraction of sp³-hybridized carbons (Fsp3) is 0.394. The number of fused-ring (bicyclic) bond motifs is 1. The van der Waals surface area contributed by atoms with E-state index in [4.69, 9.17) is 32.7 Å². The summed E-state index contributed by atoms with van der Waals surface area (Å²) in [5.41, 5.74) is 1.69. The third kappa shape index (κ3) is 8.23. The predicted octanol–water partition coefficient (Wildman–Crippen LogP) is 5.62. The third-order valence-electron chi connectivity index (χ3n) is 8.12. The number of nitrogens with zero attached hydrogens (tertiary/aromatic N) is 2. The van der Waals surface area contributed by atoms with E-state index in [0.29, 0.717) is 40.3 Å². The van der Waals surface area contributed by atoms with Crippen molar-refractivity contribution in [3.05, 3.63) is 87.9 Å². The van der Waals surface area contributed by atoms with E-state index in [1.54, 1.807) is 36.4 Å². The Labute approximate surface area is 274 Å². The topological polar surface area (TPSA) is 105 Å². The summed E-state index contributed by atoms with van der Waals surface area (Å²) in [6, 6.07) is 18.2. The summed E-state index contributed by atoms with van der Waals surface area (Å²) in [7, 11) is -3.93. The molecule has 0 bridgehead atoms. The SMILES string of the molecule is CCS(=O)(=O)N(CC(=O)N(Cc1ccc(Cl)cc1Cl)C(Cc1ccccc1)C(=O)NC1CCCC1)c1ccc2c(c1)OCCO2. The molecule has 1 heterocycles. The van der Waals surface area contributed by atoms with E-state index in [0.717, 1.165) is 35.6 Å². The molecule has 5 rings (SSSR count). The molecule has 1 atom stereocenters. The molecule has 0 radical (unpaired) electrons. The van der Waals surface area contributed by atoms with Crippen LogP contribution < -0.4 is 19.1 Å². The number of amides is 2. The Bertz CT molecular complexity index is 1620. The number of anilines is 1. The van der Waals surface area contributed by atoms with Crippen molar-refractivity contribution in [2.75, 3.05) is 29.8 Å². The first kappa shape index (κ1) is 32.9. The van der Waals surface area contributed by atoms with E-state index in [-0.39, 0.29) is 36.4 Å². The lowest BCUT2D eigenvalue weighted by Gasteiger charge is -2.34. The molecule has 1 aliphatic heterocycles. The number of sulfonamides is 1. The van der Waals surface area contributed by atoms with Gasteiger partial charge in [-0.25, -0.2) is 8.42 Å². The summed E-state index contributed by atoms with van der Waals surface area (Å²) >= 11 is 12.7. The quantitative estimate of drug-likeness (QED) is 0.268. The number of carbonyl (C=O) groups excluding carboxylic acids is 2. The second-order valence-corrected chi connectivity index (χ2v) is 14.2. The average Bonchev–Trinajstić information content (AvgIpc) is 3.55. The van der Waals surface area contributed by atoms with Crippen molar-refractivity contribution < 1.29 is 27.5 Å². The zero-order chi connectivity index (χ0) is 32.0. The van der Waals surface area contributed by atoms with Crippen LogP contribution in [0.1, 0.15) is 43.7 Å². The standard InChI is InChI=1S/C33H37Cl2N3O6S/c1-2-45(41,42)38(27-14-15-30-31(20-27)44-17-16-43-30)22-32(39)37(21-24-12-13-25(34)19-28(24)35)29(18-23-8-4-3-5-9-23)33(40)36-26-10-6-7-11-26/h3-5,8-9,12-15,19-20,26,29H,2,6-7,10-11,16-18,21-22H2,1H3,(H,36,40). The molecule has 3 aromatic carbocycles. The Hall–Kier alpha value is -3.47. The van der Waals surface area contributed by atoms with Gasteiger partial charge in [-0.15, -0.1) is 0 Å². The first-order valence-corrected chi connectivity index (χ1v) is 17.5. The Morgan fingerprint density at radius 2 is 1.67 bits per heavy atom. The molecule has 240 valence electrons. The van der Waals surface area contributed by atoms with Crippen molar-refractivity contribution >= 4 is 50.7 Å². The van der Waals surface area contributed by atoms with Crippen LogP contribution >= 0.6 is 23.2 Å². The number of halogens is 2. The Morgan fingerprint density at radius 3 is 2.36 bits per heavy atom. The summed E-state index contributed by atoms with van der Waals surface area (Å²) in [4.78, 5) is 29.9. The second-order valence-electron chi connectivity index (χ2n) is 11.2. The molecular weight excluding hydrogens is 637 g/mol. The van der Waals surface area contributed by atoms with Crippen LogP contribution in [0.5, 0.6) is 11.5 Å². The molecule has 45 heavy (non-hydrogen) atoms. The van der Waals surface area contributed by atoms with Gasteiger partial charge in [0.05, 0.1) is 11.4 Å². The van der Waals surface area contributed by atoms with Crippen LogP contribution in [-0.2, 0) is 32.6 Å². The highest BCUT2D eigenvalue weighted by Crippen LogP contribution is 2.35. The van der Waals surface area contributed by atoms with Crippen molar-refractivity contribution in [3.8, 4) is 11.5 Å². The van der Waals surface area contributed by atoms with Gasteiger partial charge in [-0.1, -0.05) is 72.4 Å². The lowest BCUT2D eigenvalue weighted by Crippen LogP contribution is -2.54. The first-order chi connectivity index (χ1) is 21.6. The fourth-order valence-electron chi connectivity index (χ4n) is 5.66. The lowest BCUT2D eigenvalue weighted by molar-refractivity contribution is -0.140. The van der Waals surface area contributed by atoms with E-state index in [1.165, 1.54) is 11.8 Å². The number of rotatable bonds is 12. The lowest BCUT2D eigenvalue weighted by atomic mass is 10.0. The Morgan fingerprint density at radius 1 is 0.956 bits per heavy atom. The summed E-state index contributed by atoms with van der Waals surface area (Å²) in [6.07, 6.45) is 4.01.